The molecule has 1 aliphatic heterocycles. The Morgan fingerprint density at radius 2 is 2.29 bits per heavy atom. The van der Waals surface area contributed by atoms with Crippen LogP contribution >= 0.6 is 0 Å². The minimum Gasteiger partial charge on any atom is -0.492 e. The van der Waals surface area contributed by atoms with E-state index in [-0.39, 0.29) is 5.91 Å². The van der Waals surface area contributed by atoms with Gasteiger partial charge in [-0.25, -0.2) is 0 Å². The Balaban J connectivity index is 2.02. The summed E-state index contributed by atoms with van der Waals surface area (Å²) in [5.41, 5.74) is 1.81. The molecule has 1 aliphatic rings. The third-order valence-corrected chi connectivity index (χ3v) is 2.97. The van der Waals surface area contributed by atoms with Crippen LogP contribution in [0.3, 0.4) is 0 Å². The van der Waals surface area contributed by atoms with Crippen LogP contribution in [0.15, 0.2) is 18.2 Å². The first-order valence-electron chi connectivity index (χ1n) is 6.21. The molecule has 2 rings (SSSR count). The molecule has 92 valence electrons. The van der Waals surface area contributed by atoms with E-state index in [2.05, 4.69) is 19.2 Å². The molecular formula is C14H19NO2. The number of ether oxygens (including phenoxy) is 1. The van der Waals surface area contributed by atoms with Crippen molar-refractivity contribution in [2.75, 3.05) is 13.2 Å². The molecule has 0 bridgehead atoms. The number of amides is 1. The van der Waals surface area contributed by atoms with Gasteiger partial charge in [-0.3, -0.25) is 4.79 Å². The maximum Gasteiger partial charge on any atom is 0.255 e. The molecule has 0 saturated carbocycles. The van der Waals surface area contributed by atoms with Gasteiger partial charge < -0.3 is 10.1 Å². The van der Waals surface area contributed by atoms with Crippen molar-refractivity contribution in [2.45, 2.75) is 26.7 Å². The molecule has 0 fully saturated rings. The van der Waals surface area contributed by atoms with Gasteiger partial charge in [0.2, 0.25) is 0 Å². The first-order chi connectivity index (χ1) is 8.18. The number of hydrogen-bond acceptors (Lipinski definition) is 2. The van der Waals surface area contributed by atoms with Gasteiger partial charge in [0.15, 0.2) is 0 Å². The van der Waals surface area contributed by atoms with Gasteiger partial charge in [-0.05, 0) is 24.0 Å². The van der Waals surface area contributed by atoms with E-state index in [4.69, 9.17) is 4.74 Å². The molecular weight excluding hydrogens is 214 g/mol. The Kier molecular flexibility index (Phi) is 3.67. The summed E-state index contributed by atoms with van der Waals surface area (Å²) in [6, 6.07) is 5.77. The highest BCUT2D eigenvalue weighted by atomic mass is 16.5. The van der Waals surface area contributed by atoms with Gasteiger partial charge in [0, 0.05) is 13.0 Å². The lowest BCUT2D eigenvalue weighted by Crippen LogP contribution is -2.25. The van der Waals surface area contributed by atoms with Crippen molar-refractivity contribution >= 4 is 5.91 Å². The molecule has 0 radical (unpaired) electrons. The smallest absolute Gasteiger partial charge is 0.255 e. The Morgan fingerprint density at radius 3 is 3.06 bits per heavy atom. The maximum atomic E-state index is 12.0. The molecule has 3 heteroatoms. The Morgan fingerprint density at radius 1 is 1.47 bits per heavy atom. The van der Waals surface area contributed by atoms with Crippen molar-refractivity contribution < 1.29 is 9.53 Å². The monoisotopic (exact) mass is 233 g/mol. The van der Waals surface area contributed by atoms with Gasteiger partial charge in [-0.1, -0.05) is 26.0 Å². The lowest BCUT2D eigenvalue weighted by atomic mass is 10.1. The molecule has 0 spiro atoms. The van der Waals surface area contributed by atoms with Crippen LogP contribution in [0.5, 0.6) is 5.75 Å². The van der Waals surface area contributed by atoms with Crippen LogP contribution in [-0.4, -0.2) is 19.1 Å². The topological polar surface area (TPSA) is 38.3 Å². The fourth-order valence-corrected chi connectivity index (χ4v) is 1.96. The van der Waals surface area contributed by atoms with Crippen LogP contribution in [0.2, 0.25) is 0 Å². The average molecular weight is 233 g/mol. The van der Waals surface area contributed by atoms with Crippen molar-refractivity contribution in [2.24, 2.45) is 5.92 Å². The normalized spacial score (nSPS) is 13.4. The second kappa shape index (κ2) is 5.21. The first-order valence-corrected chi connectivity index (χ1v) is 6.21. The fourth-order valence-electron chi connectivity index (χ4n) is 1.96. The highest BCUT2D eigenvalue weighted by molar-refractivity contribution is 5.97. The van der Waals surface area contributed by atoms with Crippen LogP contribution in [0.25, 0.3) is 0 Å². The largest absolute Gasteiger partial charge is 0.492 e. The number of nitrogens with one attached hydrogen (secondary N) is 1. The van der Waals surface area contributed by atoms with E-state index in [9.17, 15) is 4.79 Å². The summed E-state index contributed by atoms with van der Waals surface area (Å²) in [6.07, 6.45) is 1.91. The summed E-state index contributed by atoms with van der Waals surface area (Å²) >= 11 is 0. The molecule has 0 unspecified atom stereocenters. The molecule has 1 amide bonds. The molecule has 0 aromatic heterocycles. The van der Waals surface area contributed by atoms with Crippen molar-refractivity contribution in [3.8, 4) is 5.75 Å². The summed E-state index contributed by atoms with van der Waals surface area (Å²) in [5, 5.41) is 2.94. The molecule has 0 saturated heterocycles. The molecule has 0 aliphatic carbocycles. The van der Waals surface area contributed by atoms with E-state index in [1.54, 1.807) is 0 Å². The molecule has 1 aromatic carbocycles. The number of hydrogen-bond donors (Lipinski definition) is 1. The van der Waals surface area contributed by atoms with Crippen LogP contribution < -0.4 is 10.1 Å². The number of carbonyl (C=O) groups excluding carboxylic acids is 1. The Hall–Kier alpha value is -1.51. The zero-order valence-corrected chi connectivity index (χ0v) is 10.5. The minimum atomic E-state index is -0.0237. The van der Waals surface area contributed by atoms with Crippen molar-refractivity contribution in [3.05, 3.63) is 29.3 Å². The standard InChI is InChI=1S/C14H19NO2/c1-10(2)6-8-15-14(16)12-5-3-4-11-7-9-17-13(11)12/h3-5,10H,6-9H2,1-2H3,(H,15,16). The quantitative estimate of drug-likeness (QED) is 0.867. The number of para-hydroxylation sites is 1. The van der Waals surface area contributed by atoms with E-state index in [1.165, 1.54) is 0 Å². The Bertz CT molecular complexity index is 413. The van der Waals surface area contributed by atoms with E-state index in [0.717, 1.165) is 30.7 Å². The number of fused-ring (bicyclic) bond motifs is 1. The molecule has 1 N–H and O–H groups in total. The predicted molar refractivity (Wildman–Crippen MR) is 67.4 cm³/mol. The van der Waals surface area contributed by atoms with Crippen LogP contribution in [0.4, 0.5) is 0 Å². The number of benzene rings is 1. The molecule has 3 nitrogen and oxygen atoms in total. The van der Waals surface area contributed by atoms with Crippen molar-refractivity contribution in [1.82, 2.24) is 5.32 Å². The molecule has 1 aromatic rings. The summed E-state index contributed by atoms with van der Waals surface area (Å²) in [6.45, 7) is 5.71. The molecule has 0 atom stereocenters. The van der Waals surface area contributed by atoms with Gasteiger partial charge in [0.1, 0.15) is 5.75 Å². The number of carbonyl (C=O) groups is 1. The van der Waals surface area contributed by atoms with E-state index in [0.29, 0.717) is 18.1 Å². The second-order valence-corrected chi connectivity index (χ2v) is 4.83. The van der Waals surface area contributed by atoms with Crippen LogP contribution in [-0.2, 0) is 6.42 Å². The zero-order chi connectivity index (χ0) is 12.3. The van der Waals surface area contributed by atoms with Gasteiger partial charge in [0.05, 0.1) is 12.2 Å². The predicted octanol–water partition coefficient (Wildman–Crippen LogP) is 2.40. The summed E-state index contributed by atoms with van der Waals surface area (Å²) in [5.74, 6) is 1.35. The fraction of sp³-hybridized carbons (Fsp3) is 0.500. The highest BCUT2D eigenvalue weighted by Crippen LogP contribution is 2.29. The summed E-state index contributed by atoms with van der Waals surface area (Å²) < 4.78 is 5.52. The van der Waals surface area contributed by atoms with Crippen LogP contribution in [0, 0.1) is 5.92 Å². The summed E-state index contributed by atoms with van der Waals surface area (Å²) in [7, 11) is 0. The lowest BCUT2D eigenvalue weighted by molar-refractivity contribution is 0.0949. The SMILES string of the molecule is CC(C)CCNC(=O)c1cccc2c1OCC2. The van der Waals surface area contributed by atoms with Crippen molar-refractivity contribution in [3.63, 3.8) is 0 Å². The van der Waals surface area contributed by atoms with Crippen molar-refractivity contribution in [1.29, 1.82) is 0 Å². The van der Waals surface area contributed by atoms with Gasteiger partial charge in [0.25, 0.3) is 5.91 Å². The van der Waals surface area contributed by atoms with E-state index < -0.39 is 0 Å². The minimum absolute atomic E-state index is 0.0237. The maximum absolute atomic E-state index is 12.0. The molecule has 1 heterocycles. The third kappa shape index (κ3) is 2.78. The Labute approximate surface area is 102 Å². The second-order valence-electron chi connectivity index (χ2n) is 4.83. The molecule has 17 heavy (non-hydrogen) atoms. The van der Waals surface area contributed by atoms with E-state index in [1.807, 2.05) is 18.2 Å². The first kappa shape index (κ1) is 12.0. The van der Waals surface area contributed by atoms with Crippen LogP contribution in [0.1, 0.15) is 36.2 Å². The zero-order valence-electron chi connectivity index (χ0n) is 10.5. The number of rotatable bonds is 4. The lowest BCUT2D eigenvalue weighted by Gasteiger charge is -2.09. The van der Waals surface area contributed by atoms with Gasteiger partial charge >= 0.3 is 0 Å². The summed E-state index contributed by atoms with van der Waals surface area (Å²) in [4.78, 5) is 12.0. The van der Waals surface area contributed by atoms with Gasteiger partial charge in [-0.15, -0.1) is 0 Å². The third-order valence-electron chi connectivity index (χ3n) is 2.97. The average Bonchev–Trinajstić information content (AvgIpc) is 2.75. The van der Waals surface area contributed by atoms with Gasteiger partial charge in [-0.2, -0.15) is 0 Å². The van der Waals surface area contributed by atoms with E-state index >= 15 is 0 Å². The highest BCUT2D eigenvalue weighted by Gasteiger charge is 2.19.